The number of aliphatic hydroxyl groups excluding tert-OH is 1. The van der Waals surface area contributed by atoms with E-state index in [2.05, 4.69) is 19.2 Å². The molecular formula is C15H23NO2. The van der Waals surface area contributed by atoms with Gasteiger partial charge in [-0.3, -0.25) is 0 Å². The van der Waals surface area contributed by atoms with E-state index < -0.39 is 6.10 Å². The number of methoxy groups -OCH3 is 1. The van der Waals surface area contributed by atoms with Gasteiger partial charge in [-0.1, -0.05) is 26.0 Å². The molecule has 3 heteroatoms. The van der Waals surface area contributed by atoms with Crippen LogP contribution >= 0.6 is 0 Å². The standard InChI is InChI=1S/C15H23NO2/c1-15(2)8-12(15)9-16-10-14(17)11-5-4-6-13(7-11)18-3/h4-7,12,14,16-17H,8-10H2,1-3H3. The van der Waals surface area contributed by atoms with Crippen molar-refractivity contribution < 1.29 is 9.84 Å². The molecule has 3 nitrogen and oxygen atoms in total. The van der Waals surface area contributed by atoms with E-state index in [1.54, 1.807) is 7.11 Å². The Kier molecular flexibility index (Phi) is 3.93. The van der Waals surface area contributed by atoms with Crippen LogP contribution in [0.5, 0.6) is 5.75 Å². The van der Waals surface area contributed by atoms with Gasteiger partial charge in [0.25, 0.3) is 0 Å². The first-order valence-electron chi connectivity index (χ1n) is 6.55. The van der Waals surface area contributed by atoms with E-state index in [9.17, 15) is 5.11 Å². The SMILES string of the molecule is COc1cccc(C(O)CNCC2CC2(C)C)c1. The highest BCUT2D eigenvalue weighted by molar-refractivity contribution is 5.29. The Balaban J connectivity index is 1.78. The lowest BCUT2D eigenvalue weighted by Gasteiger charge is -2.13. The minimum atomic E-state index is -0.470. The first-order valence-corrected chi connectivity index (χ1v) is 6.55. The Bertz CT molecular complexity index is 403. The molecule has 2 rings (SSSR count). The highest BCUT2D eigenvalue weighted by Gasteiger charge is 2.44. The van der Waals surface area contributed by atoms with Crippen molar-refractivity contribution in [2.45, 2.75) is 26.4 Å². The molecule has 18 heavy (non-hydrogen) atoms. The van der Waals surface area contributed by atoms with Crippen LogP contribution in [0.4, 0.5) is 0 Å². The first-order chi connectivity index (χ1) is 8.53. The molecule has 0 aromatic heterocycles. The van der Waals surface area contributed by atoms with Crippen molar-refractivity contribution in [2.75, 3.05) is 20.2 Å². The number of ether oxygens (including phenoxy) is 1. The van der Waals surface area contributed by atoms with Crippen LogP contribution in [-0.4, -0.2) is 25.3 Å². The Morgan fingerprint density at radius 2 is 2.22 bits per heavy atom. The summed E-state index contributed by atoms with van der Waals surface area (Å²) in [4.78, 5) is 0. The fourth-order valence-electron chi connectivity index (χ4n) is 2.29. The van der Waals surface area contributed by atoms with Crippen LogP contribution in [0.3, 0.4) is 0 Å². The predicted molar refractivity (Wildman–Crippen MR) is 72.7 cm³/mol. The molecule has 0 aliphatic heterocycles. The van der Waals surface area contributed by atoms with E-state index in [0.717, 1.165) is 23.8 Å². The Morgan fingerprint density at radius 3 is 2.83 bits per heavy atom. The Morgan fingerprint density at radius 1 is 1.50 bits per heavy atom. The minimum absolute atomic E-state index is 0.470. The van der Waals surface area contributed by atoms with Crippen LogP contribution in [-0.2, 0) is 0 Å². The highest BCUT2D eigenvalue weighted by Crippen LogP contribution is 2.50. The van der Waals surface area contributed by atoms with Crippen molar-refractivity contribution in [2.24, 2.45) is 11.3 Å². The van der Waals surface area contributed by atoms with Gasteiger partial charge in [-0.05, 0) is 42.0 Å². The molecule has 2 N–H and O–H groups in total. The van der Waals surface area contributed by atoms with Gasteiger partial charge in [-0.25, -0.2) is 0 Å². The lowest BCUT2D eigenvalue weighted by atomic mass is 10.1. The van der Waals surface area contributed by atoms with E-state index in [-0.39, 0.29) is 0 Å². The van der Waals surface area contributed by atoms with Crippen molar-refractivity contribution in [1.29, 1.82) is 0 Å². The molecule has 1 aliphatic carbocycles. The average Bonchev–Trinajstić information content (AvgIpc) is 2.97. The zero-order valence-corrected chi connectivity index (χ0v) is 11.4. The van der Waals surface area contributed by atoms with E-state index in [1.807, 2.05) is 24.3 Å². The molecule has 1 aromatic rings. The van der Waals surface area contributed by atoms with Crippen molar-refractivity contribution in [3.8, 4) is 5.75 Å². The van der Waals surface area contributed by atoms with Gasteiger partial charge in [0.2, 0.25) is 0 Å². The molecule has 1 aromatic carbocycles. The van der Waals surface area contributed by atoms with Crippen LogP contribution in [0, 0.1) is 11.3 Å². The van der Waals surface area contributed by atoms with Gasteiger partial charge in [0.05, 0.1) is 13.2 Å². The van der Waals surface area contributed by atoms with Gasteiger partial charge in [-0.2, -0.15) is 0 Å². The van der Waals surface area contributed by atoms with Gasteiger partial charge in [0, 0.05) is 6.54 Å². The molecule has 1 fully saturated rings. The van der Waals surface area contributed by atoms with Crippen LogP contribution in [0.15, 0.2) is 24.3 Å². The number of benzene rings is 1. The predicted octanol–water partition coefficient (Wildman–Crippen LogP) is 2.36. The maximum absolute atomic E-state index is 10.1. The van der Waals surface area contributed by atoms with Crippen molar-refractivity contribution in [1.82, 2.24) is 5.32 Å². The second-order valence-corrected chi connectivity index (χ2v) is 5.84. The molecule has 0 bridgehead atoms. The molecule has 0 amide bonds. The number of hydrogen-bond donors (Lipinski definition) is 2. The number of aliphatic hydroxyl groups is 1. The molecule has 1 aliphatic rings. The largest absolute Gasteiger partial charge is 0.497 e. The molecule has 100 valence electrons. The van der Waals surface area contributed by atoms with E-state index in [1.165, 1.54) is 6.42 Å². The summed E-state index contributed by atoms with van der Waals surface area (Å²) in [6.45, 7) is 6.17. The van der Waals surface area contributed by atoms with Gasteiger partial charge >= 0.3 is 0 Å². The van der Waals surface area contributed by atoms with Crippen molar-refractivity contribution in [3.63, 3.8) is 0 Å². The van der Waals surface area contributed by atoms with E-state index in [4.69, 9.17) is 4.74 Å². The molecule has 0 heterocycles. The number of rotatable bonds is 6. The topological polar surface area (TPSA) is 41.5 Å². The maximum Gasteiger partial charge on any atom is 0.119 e. The van der Waals surface area contributed by atoms with Crippen LogP contribution in [0.1, 0.15) is 31.9 Å². The van der Waals surface area contributed by atoms with Gasteiger partial charge in [0.1, 0.15) is 5.75 Å². The second kappa shape index (κ2) is 5.29. The third kappa shape index (κ3) is 3.24. The second-order valence-electron chi connectivity index (χ2n) is 5.84. The van der Waals surface area contributed by atoms with E-state index in [0.29, 0.717) is 12.0 Å². The van der Waals surface area contributed by atoms with Gasteiger partial charge in [-0.15, -0.1) is 0 Å². The van der Waals surface area contributed by atoms with E-state index >= 15 is 0 Å². The first kappa shape index (κ1) is 13.4. The van der Waals surface area contributed by atoms with Crippen LogP contribution in [0.25, 0.3) is 0 Å². The summed E-state index contributed by atoms with van der Waals surface area (Å²) in [6.07, 6.45) is 0.817. The molecular weight excluding hydrogens is 226 g/mol. The summed E-state index contributed by atoms with van der Waals surface area (Å²) in [5.41, 5.74) is 1.39. The summed E-state index contributed by atoms with van der Waals surface area (Å²) in [5.74, 6) is 1.55. The maximum atomic E-state index is 10.1. The van der Waals surface area contributed by atoms with Gasteiger partial charge in [0.15, 0.2) is 0 Å². The molecule has 0 spiro atoms. The summed E-state index contributed by atoms with van der Waals surface area (Å²) in [5, 5.41) is 13.4. The lowest BCUT2D eigenvalue weighted by molar-refractivity contribution is 0.173. The Labute approximate surface area is 109 Å². The van der Waals surface area contributed by atoms with Crippen LogP contribution in [0.2, 0.25) is 0 Å². The highest BCUT2D eigenvalue weighted by atomic mass is 16.5. The normalized spacial score (nSPS) is 22.6. The zero-order valence-electron chi connectivity index (χ0n) is 11.4. The molecule has 2 atom stereocenters. The quantitative estimate of drug-likeness (QED) is 0.813. The summed E-state index contributed by atoms with van der Waals surface area (Å²) < 4.78 is 5.15. The average molecular weight is 249 g/mol. The molecule has 1 saturated carbocycles. The zero-order chi connectivity index (χ0) is 13.2. The van der Waals surface area contributed by atoms with Gasteiger partial charge < -0.3 is 15.2 Å². The summed E-state index contributed by atoms with van der Waals surface area (Å²) >= 11 is 0. The minimum Gasteiger partial charge on any atom is -0.497 e. The lowest BCUT2D eigenvalue weighted by Crippen LogP contribution is -2.24. The fourth-order valence-corrected chi connectivity index (χ4v) is 2.29. The fraction of sp³-hybridized carbons (Fsp3) is 0.600. The smallest absolute Gasteiger partial charge is 0.119 e. The third-order valence-electron chi connectivity index (χ3n) is 3.92. The third-order valence-corrected chi connectivity index (χ3v) is 3.92. The monoisotopic (exact) mass is 249 g/mol. The number of nitrogens with one attached hydrogen (secondary N) is 1. The number of hydrogen-bond acceptors (Lipinski definition) is 3. The molecule has 2 unspecified atom stereocenters. The molecule has 0 radical (unpaired) electrons. The summed E-state index contributed by atoms with van der Waals surface area (Å²) in [7, 11) is 1.64. The van der Waals surface area contributed by atoms with Crippen molar-refractivity contribution in [3.05, 3.63) is 29.8 Å². The van der Waals surface area contributed by atoms with Crippen LogP contribution < -0.4 is 10.1 Å². The molecule has 0 saturated heterocycles. The summed E-state index contributed by atoms with van der Waals surface area (Å²) in [6, 6.07) is 7.60. The Hall–Kier alpha value is -1.06. The van der Waals surface area contributed by atoms with Crippen molar-refractivity contribution >= 4 is 0 Å².